The highest BCUT2D eigenvalue weighted by Crippen LogP contribution is 2.26. The molecule has 0 saturated carbocycles. The van der Waals surface area contributed by atoms with Gasteiger partial charge in [0, 0.05) is 5.56 Å². The highest BCUT2D eigenvalue weighted by Gasteiger charge is 2.14. The van der Waals surface area contributed by atoms with Crippen molar-refractivity contribution >= 4 is 16.9 Å². The van der Waals surface area contributed by atoms with Crippen LogP contribution in [0.25, 0.3) is 22.3 Å². The summed E-state index contributed by atoms with van der Waals surface area (Å²) in [4.78, 5) is 30.9. The lowest BCUT2D eigenvalue weighted by Gasteiger charge is -2.08. The Balaban J connectivity index is 1.78. The Labute approximate surface area is 153 Å². The van der Waals surface area contributed by atoms with Gasteiger partial charge in [-0.25, -0.2) is 9.78 Å². The van der Waals surface area contributed by atoms with E-state index in [0.717, 1.165) is 0 Å². The molecule has 0 atom stereocenters. The maximum absolute atomic E-state index is 12.5. The van der Waals surface area contributed by atoms with Crippen molar-refractivity contribution in [3.8, 4) is 22.9 Å². The number of aromatic carboxylic acids is 1. The number of carbonyl (C=O) groups is 1. The summed E-state index contributed by atoms with van der Waals surface area (Å²) in [5, 5.41) is 9.33. The van der Waals surface area contributed by atoms with Crippen LogP contribution in [-0.4, -0.2) is 21.0 Å². The van der Waals surface area contributed by atoms with E-state index in [9.17, 15) is 14.7 Å². The summed E-state index contributed by atoms with van der Waals surface area (Å²) in [7, 11) is 0. The first kappa shape index (κ1) is 16.5. The Bertz CT molecular complexity index is 1200. The summed E-state index contributed by atoms with van der Waals surface area (Å²) in [6.45, 7) is 0. The van der Waals surface area contributed by atoms with Gasteiger partial charge in [-0.1, -0.05) is 36.4 Å². The van der Waals surface area contributed by atoms with Gasteiger partial charge in [0.2, 0.25) is 0 Å². The van der Waals surface area contributed by atoms with Crippen LogP contribution in [0.3, 0.4) is 0 Å². The number of carboxylic acids is 1. The van der Waals surface area contributed by atoms with Crippen LogP contribution in [0.2, 0.25) is 0 Å². The Kier molecular flexibility index (Phi) is 4.14. The number of H-pyrrole nitrogens is 1. The molecule has 0 aliphatic carbocycles. The average Bonchev–Trinajstić information content (AvgIpc) is 2.68. The molecule has 6 nitrogen and oxygen atoms in total. The van der Waals surface area contributed by atoms with Crippen molar-refractivity contribution in [1.29, 1.82) is 0 Å². The predicted molar refractivity (Wildman–Crippen MR) is 101 cm³/mol. The normalized spacial score (nSPS) is 10.7. The van der Waals surface area contributed by atoms with Crippen LogP contribution in [-0.2, 0) is 0 Å². The molecule has 0 saturated heterocycles. The molecular weight excluding hydrogens is 344 g/mol. The van der Waals surface area contributed by atoms with Crippen molar-refractivity contribution in [3.63, 3.8) is 0 Å². The number of hydrogen-bond acceptors (Lipinski definition) is 4. The molecule has 0 amide bonds. The third-order valence-electron chi connectivity index (χ3n) is 4.05. The lowest BCUT2D eigenvalue weighted by Crippen LogP contribution is -2.13. The van der Waals surface area contributed by atoms with Crippen molar-refractivity contribution in [2.45, 2.75) is 0 Å². The number of fused-ring (bicyclic) bond motifs is 1. The van der Waals surface area contributed by atoms with Gasteiger partial charge in [0.25, 0.3) is 5.56 Å². The number of aromatic amines is 1. The van der Waals surface area contributed by atoms with E-state index in [1.807, 2.05) is 30.3 Å². The first-order valence-corrected chi connectivity index (χ1v) is 8.21. The standard InChI is InChI=1S/C21H14N2O4/c24-20-18-16(21(25)26)10-5-11-17(18)22-19(23-20)13-6-4-9-15(12-13)27-14-7-2-1-3-8-14/h1-12H,(H,25,26)(H,22,23,24). The maximum Gasteiger partial charge on any atom is 0.336 e. The summed E-state index contributed by atoms with van der Waals surface area (Å²) >= 11 is 0. The summed E-state index contributed by atoms with van der Waals surface area (Å²) < 4.78 is 5.81. The predicted octanol–water partition coefficient (Wildman–Crippen LogP) is 4.08. The number of nitrogens with zero attached hydrogens (tertiary/aromatic N) is 1. The molecular formula is C21H14N2O4. The minimum Gasteiger partial charge on any atom is -0.478 e. The fraction of sp³-hybridized carbons (Fsp3) is 0. The van der Waals surface area contributed by atoms with Gasteiger partial charge in [-0.15, -0.1) is 0 Å². The van der Waals surface area contributed by atoms with Crippen molar-refractivity contribution in [3.05, 3.63) is 88.7 Å². The van der Waals surface area contributed by atoms with Crippen LogP contribution in [0.5, 0.6) is 11.5 Å². The lowest BCUT2D eigenvalue weighted by atomic mass is 10.1. The highest BCUT2D eigenvalue weighted by atomic mass is 16.5. The van der Waals surface area contributed by atoms with Crippen molar-refractivity contribution in [1.82, 2.24) is 9.97 Å². The molecule has 4 rings (SSSR count). The first-order valence-electron chi connectivity index (χ1n) is 8.21. The van der Waals surface area contributed by atoms with Crippen molar-refractivity contribution in [2.75, 3.05) is 0 Å². The second kappa shape index (κ2) is 6.76. The molecule has 0 radical (unpaired) electrons. The SMILES string of the molecule is O=C(O)c1cccc2nc(-c3cccc(Oc4ccccc4)c3)[nH]c(=O)c12. The van der Waals surface area contributed by atoms with Gasteiger partial charge < -0.3 is 14.8 Å². The van der Waals surface area contributed by atoms with Gasteiger partial charge in [0.15, 0.2) is 0 Å². The third-order valence-corrected chi connectivity index (χ3v) is 4.05. The Hall–Kier alpha value is -3.93. The maximum atomic E-state index is 12.5. The quantitative estimate of drug-likeness (QED) is 0.573. The number of aromatic nitrogens is 2. The number of benzene rings is 3. The smallest absolute Gasteiger partial charge is 0.336 e. The van der Waals surface area contributed by atoms with E-state index in [4.69, 9.17) is 4.74 Å². The second-order valence-electron chi connectivity index (χ2n) is 5.86. The van der Waals surface area contributed by atoms with Gasteiger partial charge in [-0.3, -0.25) is 4.79 Å². The van der Waals surface area contributed by atoms with E-state index < -0.39 is 11.5 Å². The number of para-hydroxylation sites is 1. The van der Waals surface area contributed by atoms with E-state index in [-0.39, 0.29) is 10.9 Å². The Morgan fingerprint density at radius 2 is 1.67 bits per heavy atom. The molecule has 0 spiro atoms. The zero-order chi connectivity index (χ0) is 18.8. The zero-order valence-electron chi connectivity index (χ0n) is 14.0. The molecule has 27 heavy (non-hydrogen) atoms. The number of rotatable bonds is 4. The Morgan fingerprint density at radius 3 is 2.44 bits per heavy atom. The fourth-order valence-corrected chi connectivity index (χ4v) is 2.84. The number of ether oxygens (including phenoxy) is 1. The van der Waals surface area contributed by atoms with Gasteiger partial charge in [0.1, 0.15) is 17.3 Å². The van der Waals surface area contributed by atoms with Gasteiger partial charge in [-0.05, 0) is 36.4 Å². The Morgan fingerprint density at radius 1 is 0.926 bits per heavy atom. The van der Waals surface area contributed by atoms with Crippen LogP contribution in [0.4, 0.5) is 0 Å². The molecule has 0 aliphatic rings. The van der Waals surface area contributed by atoms with E-state index in [0.29, 0.717) is 28.4 Å². The molecule has 3 aromatic carbocycles. The average molecular weight is 358 g/mol. The minimum absolute atomic E-state index is 0.0606. The van der Waals surface area contributed by atoms with E-state index >= 15 is 0 Å². The van der Waals surface area contributed by atoms with E-state index in [1.54, 1.807) is 36.4 Å². The molecule has 132 valence electrons. The van der Waals surface area contributed by atoms with E-state index in [1.165, 1.54) is 6.07 Å². The molecule has 0 fully saturated rings. The molecule has 2 N–H and O–H groups in total. The van der Waals surface area contributed by atoms with Crippen LogP contribution in [0.15, 0.2) is 77.6 Å². The van der Waals surface area contributed by atoms with Crippen molar-refractivity contribution < 1.29 is 14.6 Å². The monoisotopic (exact) mass is 358 g/mol. The van der Waals surface area contributed by atoms with Crippen LogP contribution < -0.4 is 10.3 Å². The molecule has 0 unspecified atom stereocenters. The first-order chi connectivity index (χ1) is 13.1. The topological polar surface area (TPSA) is 92.3 Å². The molecule has 6 heteroatoms. The lowest BCUT2D eigenvalue weighted by molar-refractivity contribution is 0.0699. The number of hydrogen-bond donors (Lipinski definition) is 2. The van der Waals surface area contributed by atoms with Gasteiger partial charge in [-0.2, -0.15) is 0 Å². The number of carboxylic acid groups (broad SMARTS) is 1. The summed E-state index contributed by atoms with van der Waals surface area (Å²) in [5.74, 6) is 0.467. The number of nitrogens with one attached hydrogen (secondary N) is 1. The molecule has 4 aromatic rings. The third kappa shape index (κ3) is 3.28. The molecule has 0 aliphatic heterocycles. The molecule has 1 heterocycles. The van der Waals surface area contributed by atoms with Crippen LogP contribution >= 0.6 is 0 Å². The summed E-state index contributed by atoms with van der Waals surface area (Å²) in [5.41, 5.74) is 0.405. The minimum atomic E-state index is -1.17. The molecule has 0 bridgehead atoms. The fourth-order valence-electron chi connectivity index (χ4n) is 2.84. The summed E-state index contributed by atoms with van der Waals surface area (Å²) in [6, 6.07) is 21.1. The van der Waals surface area contributed by atoms with Crippen molar-refractivity contribution in [2.24, 2.45) is 0 Å². The highest BCUT2D eigenvalue weighted by molar-refractivity contribution is 6.02. The van der Waals surface area contributed by atoms with Crippen LogP contribution in [0, 0.1) is 0 Å². The zero-order valence-corrected chi connectivity index (χ0v) is 14.0. The van der Waals surface area contributed by atoms with Crippen LogP contribution in [0.1, 0.15) is 10.4 Å². The molecule has 1 aromatic heterocycles. The van der Waals surface area contributed by atoms with Gasteiger partial charge >= 0.3 is 5.97 Å². The summed E-state index contributed by atoms with van der Waals surface area (Å²) in [6.07, 6.45) is 0. The van der Waals surface area contributed by atoms with E-state index in [2.05, 4.69) is 9.97 Å². The largest absolute Gasteiger partial charge is 0.478 e. The van der Waals surface area contributed by atoms with Gasteiger partial charge in [0.05, 0.1) is 16.5 Å². The second-order valence-corrected chi connectivity index (χ2v) is 5.86.